The van der Waals surface area contributed by atoms with Crippen molar-refractivity contribution in [3.8, 4) is 0 Å². The topological polar surface area (TPSA) is 111 Å². The number of hydrogen-bond donors (Lipinski definition) is 2. The van der Waals surface area contributed by atoms with Crippen LogP contribution < -0.4 is 5.32 Å². The van der Waals surface area contributed by atoms with Crippen LogP contribution >= 0.6 is 0 Å². The van der Waals surface area contributed by atoms with Gasteiger partial charge in [0.1, 0.15) is 12.0 Å². The summed E-state index contributed by atoms with van der Waals surface area (Å²) in [5, 5.41) is 16.9. The minimum Gasteiger partial charge on any atom is -0.393 e. The Morgan fingerprint density at radius 1 is 1.38 bits per heavy atom. The van der Waals surface area contributed by atoms with Crippen molar-refractivity contribution in [3.05, 3.63) is 18.0 Å². The van der Waals surface area contributed by atoms with Crippen LogP contribution in [0.15, 0.2) is 21.8 Å². The molecule has 2 fully saturated rings. The zero-order valence-corrected chi connectivity index (χ0v) is 15.9. The quantitative estimate of drug-likeness (QED) is 0.536. The first-order valence-electron chi connectivity index (χ1n) is 9.00. The number of sulfonamides is 1. The highest BCUT2D eigenvalue weighted by Gasteiger charge is 2.30. The molecule has 2 unspecified atom stereocenters. The molecule has 1 aliphatic heterocycles. The van der Waals surface area contributed by atoms with Crippen LogP contribution in [0.5, 0.6) is 0 Å². The SMILES string of the molecule is CN=C(NCC1CCCC1O)N1CCN(S(=O)(=O)Cc2ccon2)CC1. The van der Waals surface area contributed by atoms with E-state index in [0.29, 0.717) is 38.4 Å². The second kappa shape index (κ2) is 8.36. The fourth-order valence-electron chi connectivity index (χ4n) is 3.58. The van der Waals surface area contributed by atoms with E-state index in [1.54, 1.807) is 13.1 Å². The molecule has 2 heterocycles. The summed E-state index contributed by atoms with van der Waals surface area (Å²) in [5.74, 6) is 0.879. The molecule has 2 N–H and O–H groups in total. The van der Waals surface area contributed by atoms with Gasteiger partial charge >= 0.3 is 0 Å². The highest BCUT2D eigenvalue weighted by atomic mass is 32.2. The van der Waals surface area contributed by atoms with E-state index in [9.17, 15) is 13.5 Å². The normalized spacial score (nSPS) is 25.6. The third-order valence-corrected chi connectivity index (χ3v) is 6.92. The third-order valence-electron chi connectivity index (χ3n) is 5.11. The van der Waals surface area contributed by atoms with E-state index >= 15 is 0 Å². The minimum atomic E-state index is -3.40. The van der Waals surface area contributed by atoms with Gasteiger partial charge in [-0.15, -0.1) is 0 Å². The molecule has 1 aromatic rings. The Morgan fingerprint density at radius 3 is 2.73 bits per heavy atom. The number of aromatic nitrogens is 1. The highest BCUT2D eigenvalue weighted by molar-refractivity contribution is 7.88. The lowest BCUT2D eigenvalue weighted by Crippen LogP contribution is -2.54. The molecule has 1 saturated carbocycles. The number of piperazine rings is 1. The molecule has 0 bridgehead atoms. The Kier molecular flexibility index (Phi) is 6.15. The number of guanidine groups is 1. The molecule has 10 heteroatoms. The summed E-state index contributed by atoms with van der Waals surface area (Å²) in [6.45, 7) is 2.66. The van der Waals surface area contributed by atoms with Crippen molar-refractivity contribution in [1.29, 1.82) is 0 Å². The van der Waals surface area contributed by atoms with Gasteiger partial charge in [-0.25, -0.2) is 8.42 Å². The van der Waals surface area contributed by atoms with Crippen LogP contribution in [-0.4, -0.2) is 79.7 Å². The van der Waals surface area contributed by atoms with Crippen LogP contribution in [0.1, 0.15) is 25.0 Å². The largest absolute Gasteiger partial charge is 0.393 e. The van der Waals surface area contributed by atoms with Gasteiger partial charge in [-0.3, -0.25) is 4.99 Å². The fraction of sp³-hybridized carbons (Fsp3) is 0.750. The first-order chi connectivity index (χ1) is 12.5. The van der Waals surface area contributed by atoms with Crippen molar-refractivity contribution in [1.82, 2.24) is 19.7 Å². The first kappa shape index (κ1) is 19.1. The molecule has 0 aromatic carbocycles. The molecular weight excluding hydrogens is 358 g/mol. The van der Waals surface area contributed by atoms with Crippen LogP contribution in [0.4, 0.5) is 0 Å². The van der Waals surface area contributed by atoms with Crippen LogP contribution in [0.25, 0.3) is 0 Å². The summed E-state index contributed by atoms with van der Waals surface area (Å²) in [6.07, 6.45) is 4.10. The van der Waals surface area contributed by atoms with Gasteiger partial charge in [0.15, 0.2) is 5.96 Å². The van der Waals surface area contributed by atoms with Crippen molar-refractivity contribution in [2.45, 2.75) is 31.1 Å². The Labute approximate surface area is 154 Å². The second-order valence-electron chi connectivity index (χ2n) is 6.82. The Balaban J connectivity index is 1.50. The van der Waals surface area contributed by atoms with Gasteiger partial charge in [-0.2, -0.15) is 4.31 Å². The lowest BCUT2D eigenvalue weighted by atomic mass is 10.1. The summed E-state index contributed by atoms with van der Waals surface area (Å²) in [4.78, 5) is 6.36. The number of rotatable bonds is 5. The average molecular weight is 385 g/mol. The zero-order chi connectivity index (χ0) is 18.6. The summed E-state index contributed by atoms with van der Waals surface area (Å²) >= 11 is 0. The van der Waals surface area contributed by atoms with Crippen LogP contribution in [0.3, 0.4) is 0 Å². The maximum Gasteiger partial charge on any atom is 0.220 e. The minimum absolute atomic E-state index is 0.143. The van der Waals surface area contributed by atoms with Crippen molar-refractivity contribution in [2.24, 2.45) is 10.9 Å². The third kappa shape index (κ3) is 4.54. The van der Waals surface area contributed by atoms with Gasteiger partial charge in [0.25, 0.3) is 0 Å². The summed E-state index contributed by atoms with van der Waals surface area (Å²) in [7, 11) is -1.68. The number of nitrogens with one attached hydrogen (secondary N) is 1. The zero-order valence-electron chi connectivity index (χ0n) is 15.0. The van der Waals surface area contributed by atoms with E-state index in [1.165, 1.54) is 10.6 Å². The molecule has 26 heavy (non-hydrogen) atoms. The van der Waals surface area contributed by atoms with Gasteiger partial charge in [-0.1, -0.05) is 11.6 Å². The Hall–Kier alpha value is -1.65. The lowest BCUT2D eigenvalue weighted by molar-refractivity contribution is 0.133. The summed E-state index contributed by atoms with van der Waals surface area (Å²) in [6, 6.07) is 1.57. The number of aliphatic imine (C=N–C) groups is 1. The predicted octanol–water partition coefficient (Wildman–Crippen LogP) is -0.142. The van der Waals surface area contributed by atoms with E-state index in [2.05, 4.69) is 20.4 Å². The van der Waals surface area contributed by atoms with E-state index in [-0.39, 0.29) is 17.8 Å². The summed E-state index contributed by atoms with van der Waals surface area (Å²) < 4.78 is 31.2. The molecule has 0 amide bonds. The van der Waals surface area contributed by atoms with Gasteiger partial charge in [0.05, 0.1) is 11.8 Å². The Morgan fingerprint density at radius 2 is 2.15 bits per heavy atom. The van der Waals surface area contributed by atoms with Crippen LogP contribution in [-0.2, 0) is 15.8 Å². The van der Waals surface area contributed by atoms with Crippen molar-refractivity contribution in [3.63, 3.8) is 0 Å². The van der Waals surface area contributed by atoms with E-state index in [4.69, 9.17) is 4.52 Å². The Bertz CT molecular complexity index is 698. The predicted molar refractivity (Wildman–Crippen MR) is 97.0 cm³/mol. The van der Waals surface area contributed by atoms with Crippen LogP contribution in [0.2, 0.25) is 0 Å². The number of aliphatic hydroxyl groups is 1. The first-order valence-corrected chi connectivity index (χ1v) is 10.6. The van der Waals surface area contributed by atoms with E-state index in [1.807, 2.05) is 0 Å². The molecule has 146 valence electrons. The molecule has 2 aliphatic rings. The second-order valence-corrected chi connectivity index (χ2v) is 8.79. The molecule has 3 rings (SSSR count). The number of hydrogen-bond acceptors (Lipinski definition) is 6. The molecule has 2 atom stereocenters. The molecule has 0 radical (unpaired) electrons. The maximum atomic E-state index is 12.5. The molecule has 9 nitrogen and oxygen atoms in total. The fourth-order valence-corrected chi connectivity index (χ4v) is 5.00. The van der Waals surface area contributed by atoms with Crippen molar-refractivity contribution < 1.29 is 18.0 Å². The molecule has 0 spiro atoms. The van der Waals surface area contributed by atoms with Crippen LogP contribution in [0, 0.1) is 5.92 Å². The van der Waals surface area contributed by atoms with Gasteiger partial charge in [0, 0.05) is 51.8 Å². The summed E-state index contributed by atoms with van der Waals surface area (Å²) in [5.41, 5.74) is 0.417. The van der Waals surface area contributed by atoms with Crippen molar-refractivity contribution >= 4 is 16.0 Å². The average Bonchev–Trinajstić information content (AvgIpc) is 3.27. The van der Waals surface area contributed by atoms with Gasteiger partial charge in [-0.05, 0) is 12.8 Å². The van der Waals surface area contributed by atoms with E-state index < -0.39 is 10.0 Å². The van der Waals surface area contributed by atoms with Gasteiger partial charge < -0.3 is 19.8 Å². The molecule has 1 aromatic heterocycles. The molecular formula is C16H27N5O4S. The molecule has 1 saturated heterocycles. The van der Waals surface area contributed by atoms with Crippen molar-refractivity contribution in [2.75, 3.05) is 39.8 Å². The number of aliphatic hydroxyl groups excluding tert-OH is 1. The monoisotopic (exact) mass is 385 g/mol. The van der Waals surface area contributed by atoms with Gasteiger partial charge in [0.2, 0.25) is 10.0 Å². The van der Waals surface area contributed by atoms with E-state index in [0.717, 1.165) is 25.2 Å². The molecule has 1 aliphatic carbocycles. The lowest BCUT2D eigenvalue weighted by Gasteiger charge is -2.36. The standard InChI is InChI=1S/C16H27N5O4S/c1-17-16(18-11-13-3-2-4-15(13)22)20-6-8-21(9-7-20)26(23,24)12-14-5-10-25-19-14/h5,10,13,15,22H,2-4,6-9,11-12H2,1H3,(H,17,18). The maximum absolute atomic E-state index is 12.5. The number of nitrogens with zero attached hydrogens (tertiary/aromatic N) is 4. The smallest absolute Gasteiger partial charge is 0.220 e. The highest BCUT2D eigenvalue weighted by Crippen LogP contribution is 2.24.